The molecule has 2 amide bonds. The van der Waals surface area contributed by atoms with Gasteiger partial charge in [-0.3, -0.25) is 14.6 Å². The fourth-order valence-corrected chi connectivity index (χ4v) is 1.69. The van der Waals surface area contributed by atoms with E-state index in [0.29, 0.717) is 12.2 Å². The molecule has 1 aromatic heterocycles. The second-order valence-electron chi connectivity index (χ2n) is 5.12. The molecule has 1 aromatic rings. The number of aliphatic hydroxyl groups is 1. The summed E-state index contributed by atoms with van der Waals surface area (Å²) in [6.45, 7) is 5.38. The first-order chi connectivity index (χ1) is 9.95. The highest BCUT2D eigenvalue weighted by Gasteiger charge is 2.25. The SMILES string of the molecule is CCCC(NC(=O)C(O)C(C)C)C(=O)Nc1cnccn1. The highest BCUT2D eigenvalue weighted by molar-refractivity contribution is 5.97. The first-order valence-electron chi connectivity index (χ1n) is 7.01. The van der Waals surface area contributed by atoms with Crippen molar-refractivity contribution in [2.24, 2.45) is 5.92 Å². The summed E-state index contributed by atoms with van der Waals surface area (Å²) >= 11 is 0. The van der Waals surface area contributed by atoms with Gasteiger partial charge in [0.2, 0.25) is 11.8 Å². The lowest BCUT2D eigenvalue weighted by molar-refractivity contribution is -0.134. The van der Waals surface area contributed by atoms with Crippen molar-refractivity contribution in [1.29, 1.82) is 0 Å². The summed E-state index contributed by atoms with van der Waals surface area (Å²) in [5, 5.41) is 14.9. The van der Waals surface area contributed by atoms with E-state index in [-0.39, 0.29) is 11.8 Å². The summed E-state index contributed by atoms with van der Waals surface area (Å²) < 4.78 is 0. The zero-order valence-electron chi connectivity index (χ0n) is 12.5. The van der Waals surface area contributed by atoms with Crippen LogP contribution in [0.1, 0.15) is 33.6 Å². The number of aromatic nitrogens is 2. The molecule has 0 aliphatic heterocycles. The van der Waals surface area contributed by atoms with Crippen LogP contribution in [0.25, 0.3) is 0 Å². The minimum absolute atomic E-state index is 0.213. The van der Waals surface area contributed by atoms with Crippen LogP contribution in [0.5, 0.6) is 0 Å². The van der Waals surface area contributed by atoms with Crippen molar-refractivity contribution < 1.29 is 14.7 Å². The second kappa shape index (κ2) is 8.31. The van der Waals surface area contributed by atoms with Crippen LogP contribution in [0.4, 0.5) is 5.82 Å². The van der Waals surface area contributed by atoms with Gasteiger partial charge >= 0.3 is 0 Å². The molecule has 0 bridgehead atoms. The van der Waals surface area contributed by atoms with Crippen LogP contribution in [-0.2, 0) is 9.59 Å². The molecule has 0 saturated carbocycles. The number of carbonyl (C=O) groups excluding carboxylic acids is 2. The number of nitrogens with one attached hydrogen (secondary N) is 2. The molecule has 21 heavy (non-hydrogen) atoms. The third-order valence-corrected chi connectivity index (χ3v) is 2.92. The van der Waals surface area contributed by atoms with Crippen LogP contribution in [0.3, 0.4) is 0 Å². The van der Waals surface area contributed by atoms with Gasteiger partial charge in [0, 0.05) is 12.4 Å². The Balaban J connectivity index is 2.68. The Labute approximate surface area is 124 Å². The number of carbonyl (C=O) groups is 2. The predicted octanol–water partition coefficient (Wildman–Crippen LogP) is 0.717. The van der Waals surface area contributed by atoms with E-state index in [1.165, 1.54) is 18.6 Å². The van der Waals surface area contributed by atoms with Crippen LogP contribution >= 0.6 is 0 Å². The summed E-state index contributed by atoms with van der Waals surface area (Å²) in [7, 11) is 0. The van der Waals surface area contributed by atoms with E-state index in [9.17, 15) is 14.7 Å². The van der Waals surface area contributed by atoms with E-state index < -0.39 is 18.1 Å². The number of amides is 2. The fourth-order valence-electron chi connectivity index (χ4n) is 1.69. The molecule has 0 aromatic carbocycles. The maximum Gasteiger partial charge on any atom is 0.249 e. The van der Waals surface area contributed by atoms with Crippen LogP contribution in [-0.4, -0.2) is 39.0 Å². The number of aliphatic hydroxyl groups excluding tert-OH is 1. The Morgan fingerprint density at radius 1 is 1.29 bits per heavy atom. The minimum Gasteiger partial charge on any atom is -0.383 e. The lowest BCUT2D eigenvalue weighted by Crippen LogP contribution is -2.48. The van der Waals surface area contributed by atoms with E-state index in [4.69, 9.17) is 0 Å². The maximum atomic E-state index is 12.2. The molecule has 7 heteroatoms. The third kappa shape index (κ3) is 5.47. The quantitative estimate of drug-likeness (QED) is 0.687. The molecule has 0 radical (unpaired) electrons. The Morgan fingerprint density at radius 3 is 2.52 bits per heavy atom. The Kier molecular flexibility index (Phi) is 6.74. The summed E-state index contributed by atoms with van der Waals surface area (Å²) in [4.78, 5) is 31.8. The molecule has 0 saturated heterocycles. The van der Waals surface area contributed by atoms with Crippen LogP contribution in [0, 0.1) is 5.92 Å². The number of hydrogen-bond acceptors (Lipinski definition) is 5. The summed E-state index contributed by atoms with van der Waals surface area (Å²) in [5.41, 5.74) is 0. The standard InChI is InChI=1S/C14H22N4O3/c1-4-5-10(17-14(21)12(19)9(2)3)13(20)18-11-8-15-6-7-16-11/h6-10,12,19H,4-5H2,1-3H3,(H,17,21)(H,16,18,20). The van der Waals surface area contributed by atoms with E-state index in [1.807, 2.05) is 6.92 Å². The van der Waals surface area contributed by atoms with E-state index in [1.54, 1.807) is 13.8 Å². The zero-order chi connectivity index (χ0) is 15.8. The van der Waals surface area contributed by atoms with Gasteiger partial charge in [0.1, 0.15) is 12.1 Å². The maximum absolute atomic E-state index is 12.2. The predicted molar refractivity (Wildman–Crippen MR) is 78.3 cm³/mol. The van der Waals surface area contributed by atoms with Crippen LogP contribution in [0.15, 0.2) is 18.6 Å². The highest BCUT2D eigenvalue weighted by Crippen LogP contribution is 2.06. The van der Waals surface area contributed by atoms with Gasteiger partial charge in [-0.25, -0.2) is 4.98 Å². The number of hydrogen-bond donors (Lipinski definition) is 3. The average molecular weight is 294 g/mol. The first kappa shape index (κ1) is 17.0. The molecule has 0 spiro atoms. The average Bonchev–Trinajstić information content (AvgIpc) is 2.46. The molecule has 0 aliphatic carbocycles. The molecule has 1 rings (SSSR count). The van der Waals surface area contributed by atoms with Crippen molar-refractivity contribution in [2.45, 2.75) is 45.8 Å². The lowest BCUT2D eigenvalue weighted by Gasteiger charge is -2.21. The second-order valence-corrected chi connectivity index (χ2v) is 5.12. The van der Waals surface area contributed by atoms with Gasteiger partial charge in [0.25, 0.3) is 0 Å². The molecule has 0 aliphatic rings. The van der Waals surface area contributed by atoms with Gasteiger partial charge in [-0.1, -0.05) is 27.2 Å². The summed E-state index contributed by atoms with van der Waals surface area (Å²) in [6, 6.07) is -0.710. The first-order valence-corrected chi connectivity index (χ1v) is 7.01. The van der Waals surface area contributed by atoms with Crippen molar-refractivity contribution >= 4 is 17.6 Å². The van der Waals surface area contributed by atoms with E-state index >= 15 is 0 Å². The lowest BCUT2D eigenvalue weighted by atomic mass is 10.1. The Hall–Kier alpha value is -2.02. The Bertz CT molecular complexity index is 465. The van der Waals surface area contributed by atoms with Crippen molar-refractivity contribution in [3.63, 3.8) is 0 Å². The molecule has 2 unspecified atom stereocenters. The third-order valence-electron chi connectivity index (χ3n) is 2.92. The molecule has 2 atom stereocenters. The van der Waals surface area contributed by atoms with E-state index in [0.717, 1.165) is 6.42 Å². The van der Waals surface area contributed by atoms with Crippen molar-refractivity contribution in [2.75, 3.05) is 5.32 Å². The summed E-state index contributed by atoms with van der Waals surface area (Å²) in [6.07, 6.45) is 4.45. The molecule has 1 heterocycles. The minimum atomic E-state index is -1.13. The number of rotatable bonds is 7. The van der Waals surface area contributed by atoms with Gasteiger partial charge < -0.3 is 15.7 Å². The molecular weight excluding hydrogens is 272 g/mol. The van der Waals surface area contributed by atoms with Crippen LogP contribution in [0.2, 0.25) is 0 Å². The van der Waals surface area contributed by atoms with E-state index in [2.05, 4.69) is 20.6 Å². The topological polar surface area (TPSA) is 104 Å². The molecule has 0 fully saturated rings. The molecular formula is C14H22N4O3. The number of nitrogens with zero attached hydrogens (tertiary/aromatic N) is 2. The van der Waals surface area contributed by atoms with Crippen molar-refractivity contribution in [1.82, 2.24) is 15.3 Å². The molecule has 7 nitrogen and oxygen atoms in total. The molecule has 116 valence electrons. The molecule has 3 N–H and O–H groups in total. The fraction of sp³-hybridized carbons (Fsp3) is 0.571. The zero-order valence-corrected chi connectivity index (χ0v) is 12.5. The van der Waals surface area contributed by atoms with Gasteiger partial charge in [0.15, 0.2) is 5.82 Å². The largest absolute Gasteiger partial charge is 0.383 e. The van der Waals surface area contributed by atoms with Gasteiger partial charge in [0.05, 0.1) is 6.20 Å². The van der Waals surface area contributed by atoms with Gasteiger partial charge in [-0.15, -0.1) is 0 Å². The van der Waals surface area contributed by atoms with Crippen LogP contribution < -0.4 is 10.6 Å². The highest BCUT2D eigenvalue weighted by atomic mass is 16.3. The normalized spacial score (nSPS) is 13.6. The van der Waals surface area contributed by atoms with Gasteiger partial charge in [-0.05, 0) is 12.3 Å². The summed E-state index contributed by atoms with van der Waals surface area (Å²) in [5.74, 6) is -0.808. The van der Waals surface area contributed by atoms with Gasteiger partial charge in [-0.2, -0.15) is 0 Å². The monoisotopic (exact) mass is 294 g/mol. The van der Waals surface area contributed by atoms with Crippen molar-refractivity contribution in [3.8, 4) is 0 Å². The van der Waals surface area contributed by atoms with Crippen molar-refractivity contribution in [3.05, 3.63) is 18.6 Å². The number of anilines is 1. The smallest absolute Gasteiger partial charge is 0.249 e. The Morgan fingerprint density at radius 2 is 2.00 bits per heavy atom.